The van der Waals surface area contributed by atoms with Crippen LogP contribution in [-0.2, 0) is 4.74 Å². The zero-order chi connectivity index (χ0) is 11.4. The Bertz CT molecular complexity index is 340. The first kappa shape index (κ1) is 11.8. The molecule has 0 radical (unpaired) electrons. The van der Waals surface area contributed by atoms with E-state index in [9.17, 15) is 0 Å². The normalized spacial score (nSPS) is 22.2. The molecule has 0 aromatic carbocycles. The van der Waals surface area contributed by atoms with E-state index in [4.69, 9.17) is 16.3 Å². The lowest BCUT2D eigenvalue weighted by Crippen LogP contribution is -2.28. The molecule has 2 atom stereocenters. The van der Waals surface area contributed by atoms with Gasteiger partial charge in [-0.05, 0) is 25.8 Å². The van der Waals surface area contributed by atoms with Gasteiger partial charge in [-0.15, -0.1) is 0 Å². The summed E-state index contributed by atoms with van der Waals surface area (Å²) >= 11 is 6.03. The van der Waals surface area contributed by atoms with Crippen LogP contribution < -0.4 is 5.32 Å². The molecule has 0 bridgehead atoms. The fraction of sp³-hybridized carbons (Fsp3) is 0.583. The maximum absolute atomic E-state index is 6.03. The Balaban J connectivity index is 1.87. The second-order valence-electron chi connectivity index (χ2n) is 4.15. The summed E-state index contributed by atoms with van der Waals surface area (Å²) < 4.78 is 5.56. The van der Waals surface area contributed by atoms with Crippen molar-refractivity contribution in [1.29, 1.82) is 0 Å². The molecule has 1 aromatic heterocycles. The summed E-state index contributed by atoms with van der Waals surface area (Å²) in [5.41, 5.74) is 1.04. The summed E-state index contributed by atoms with van der Waals surface area (Å²) in [7, 11) is 0. The van der Waals surface area contributed by atoms with Crippen LogP contribution in [0.5, 0.6) is 0 Å². The number of ether oxygens (including phenoxy) is 1. The van der Waals surface area contributed by atoms with E-state index in [-0.39, 0.29) is 6.04 Å². The van der Waals surface area contributed by atoms with E-state index in [0.29, 0.717) is 11.3 Å². The summed E-state index contributed by atoms with van der Waals surface area (Å²) in [6.07, 6.45) is 4.39. The predicted octanol–water partition coefficient (Wildman–Crippen LogP) is 2.56. The van der Waals surface area contributed by atoms with E-state index in [0.717, 1.165) is 25.1 Å². The first-order chi connectivity index (χ1) is 7.77. The van der Waals surface area contributed by atoms with Crippen molar-refractivity contribution < 1.29 is 4.74 Å². The summed E-state index contributed by atoms with van der Waals surface area (Å²) in [6.45, 7) is 3.87. The molecule has 0 spiro atoms. The third-order valence-corrected chi connectivity index (χ3v) is 3.25. The third kappa shape index (κ3) is 2.94. The Hall–Kier alpha value is -0.640. The molecule has 2 unspecified atom stereocenters. The highest BCUT2D eigenvalue weighted by Crippen LogP contribution is 2.20. The van der Waals surface area contributed by atoms with E-state index in [2.05, 4.69) is 17.2 Å². The van der Waals surface area contributed by atoms with Crippen LogP contribution in [0.25, 0.3) is 0 Å². The van der Waals surface area contributed by atoms with Crippen LogP contribution in [0.1, 0.15) is 31.4 Å². The van der Waals surface area contributed by atoms with Crippen molar-refractivity contribution >= 4 is 11.6 Å². The van der Waals surface area contributed by atoms with Crippen molar-refractivity contribution in [2.75, 3.05) is 13.2 Å². The highest BCUT2D eigenvalue weighted by molar-refractivity contribution is 6.30. The van der Waals surface area contributed by atoms with Gasteiger partial charge in [0.15, 0.2) is 0 Å². The predicted molar refractivity (Wildman–Crippen MR) is 64.6 cm³/mol. The maximum atomic E-state index is 6.03. The molecule has 1 fully saturated rings. The second kappa shape index (κ2) is 5.62. The molecule has 2 heterocycles. The Labute approximate surface area is 101 Å². The maximum Gasteiger partial charge on any atom is 0.133 e. The van der Waals surface area contributed by atoms with Gasteiger partial charge < -0.3 is 10.1 Å². The fourth-order valence-electron chi connectivity index (χ4n) is 1.94. The molecule has 0 aliphatic carbocycles. The van der Waals surface area contributed by atoms with E-state index in [1.165, 1.54) is 6.42 Å². The zero-order valence-corrected chi connectivity index (χ0v) is 10.2. The minimum absolute atomic E-state index is 0.213. The molecule has 16 heavy (non-hydrogen) atoms. The van der Waals surface area contributed by atoms with Gasteiger partial charge in [0.25, 0.3) is 0 Å². The number of rotatable bonds is 4. The number of nitrogens with zero attached hydrogens (tertiary/aromatic N) is 1. The highest BCUT2D eigenvalue weighted by atomic mass is 35.5. The Morgan fingerprint density at radius 3 is 3.25 bits per heavy atom. The first-order valence-corrected chi connectivity index (χ1v) is 6.10. The monoisotopic (exact) mass is 240 g/mol. The molecule has 3 nitrogen and oxygen atoms in total. The lowest BCUT2D eigenvalue weighted by molar-refractivity contribution is 0.108. The summed E-state index contributed by atoms with van der Waals surface area (Å²) in [5.74, 6) is 0. The van der Waals surface area contributed by atoms with E-state index >= 15 is 0 Å². The lowest BCUT2D eigenvalue weighted by atomic mass is 10.1. The van der Waals surface area contributed by atoms with Gasteiger partial charge in [0.1, 0.15) is 5.15 Å². The molecule has 0 amide bonds. The van der Waals surface area contributed by atoms with Crippen LogP contribution in [0.2, 0.25) is 5.15 Å². The summed E-state index contributed by atoms with van der Waals surface area (Å²) in [6, 6.07) is 4.12. The molecule has 1 aliphatic heterocycles. The molecule has 0 saturated carbocycles. The fourth-order valence-corrected chi connectivity index (χ4v) is 2.23. The standard InChI is InChI=1S/C12H17ClN2O/c1-9(11-5-2-6-14-12(11)13)15-8-10-4-3-7-16-10/h2,5-6,9-10,15H,3-4,7-8H2,1H3. The first-order valence-electron chi connectivity index (χ1n) is 5.73. The molecule has 1 aromatic rings. The van der Waals surface area contributed by atoms with Crippen molar-refractivity contribution in [3.05, 3.63) is 29.0 Å². The van der Waals surface area contributed by atoms with Gasteiger partial charge in [0.2, 0.25) is 0 Å². The molecular weight excluding hydrogens is 224 g/mol. The topological polar surface area (TPSA) is 34.1 Å². The van der Waals surface area contributed by atoms with Crippen LogP contribution in [0, 0.1) is 0 Å². The number of hydrogen-bond donors (Lipinski definition) is 1. The third-order valence-electron chi connectivity index (χ3n) is 2.93. The lowest BCUT2D eigenvalue weighted by Gasteiger charge is -2.17. The average molecular weight is 241 g/mol. The largest absolute Gasteiger partial charge is 0.377 e. The van der Waals surface area contributed by atoms with Crippen LogP contribution in [0.15, 0.2) is 18.3 Å². The molecule has 1 saturated heterocycles. The van der Waals surface area contributed by atoms with Gasteiger partial charge in [-0.2, -0.15) is 0 Å². The van der Waals surface area contributed by atoms with Crippen LogP contribution in [0.3, 0.4) is 0 Å². The Morgan fingerprint density at radius 1 is 1.69 bits per heavy atom. The van der Waals surface area contributed by atoms with Gasteiger partial charge in [-0.3, -0.25) is 0 Å². The van der Waals surface area contributed by atoms with E-state index in [1.54, 1.807) is 6.20 Å². The molecule has 1 aliphatic rings. The summed E-state index contributed by atoms with van der Waals surface area (Å²) in [5, 5.41) is 4.01. The smallest absolute Gasteiger partial charge is 0.133 e. The number of aromatic nitrogens is 1. The molecule has 88 valence electrons. The van der Waals surface area contributed by atoms with Crippen molar-refractivity contribution in [2.45, 2.75) is 31.9 Å². The van der Waals surface area contributed by atoms with Gasteiger partial charge >= 0.3 is 0 Å². The van der Waals surface area contributed by atoms with Crippen LogP contribution in [0.4, 0.5) is 0 Å². The average Bonchev–Trinajstić information content (AvgIpc) is 2.79. The van der Waals surface area contributed by atoms with Crippen molar-refractivity contribution in [1.82, 2.24) is 10.3 Å². The SMILES string of the molecule is CC(NCC1CCCO1)c1cccnc1Cl. The van der Waals surface area contributed by atoms with Gasteiger partial charge in [0, 0.05) is 31.0 Å². The molecule has 4 heteroatoms. The number of pyridine rings is 1. The molecular formula is C12H17ClN2O. The molecule has 1 N–H and O–H groups in total. The van der Waals surface area contributed by atoms with Gasteiger partial charge in [-0.1, -0.05) is 17.7 Å². The van der Waals surface area contributed by atoms with E-state index in [1.807, 2.05) is 12.1 Å². The zero-order valence-electron chi connectivity index (χ0n) is 9.45. The van der Waals surface area contributed by atoms with Crippen LogP contribution in [-0.4, -0.2) is 24.2 Å². The minimum atomic E-state index is 0.213. The minimum Gasteiger partial charge on any atom is -0.377 e. The van der Waals surface area contributed by atoms with Gasteiger partial charge in [-0.25, -0.2) is 4.98 Å². The number of hydrogen-bond acceptors (Lipinski definition) is 3. The summed E-state index contributed by atoms with van der Waals surface area (Å²) in [4.78, 5) is 4.07. The number of nitrogens with one attached hydrogen (secondary N) is 1. The van der Waals surface area contributed by atoms with Crippen molar-refractivity contribution in [3.8, 4) is 0 Å². The van der Waals surface area contributed by atoms with E-state index < -0.39 is 0 Å². The van der Waals surface area contributed by atoms with Crippen molar-refractivity contribution in [2.24, 2.45) is 0 Å². The second-order valence-corrected chi connectivity index (χ2v) is 4.51. The highest BCUT2D eigenvalue weighted by Gasteiger charge is 2.17. The molecule has 2 rings (SSSR count). The van der Waals surface area contributed by atoms with Gasteiger partial charge in [0.05, 0.1) is 6.10 Å². The van der Waals surface area contributed by atoms with Crippen molar-refractivity contribution in [3.63, 3.8) is 0 Å². The Kier molecular flexibility index (Phi) is 4.16. The quantitative estimate of drug-likeness (QED) is 0.822. The number of halogens is 1. The van der Waals surface area contributed by atoms with Crippen LogP contribution >= 0.6 is 11.6 Å². The Morgan fingerprint density at radius 2 is 2.56 bits per heavy atom.